The van der Waals surface area contributed by atoms with Crippen LogP contribution in [0.3, 0.4) is 0 Å². The highest BCUT2D eigenvalue weighted by Crippen LogP contribution is 2.59. The molecule has 0 aromatic rings. The minimum absolute atomic E-state index is 0.500. The molecule has 0 aromatic carbocycles. The molecule has 7 aliphatic rings. The van der Waals surface area contributed by atoms with E-state index in [1.54, 1.807) is 38.5 Å². The second-order valence-electron chi connectivity index (χ2n) is 21.5. The molecule has 0 saturated heterocycles. The molecule has 0 heterocycles. The molecule has 0 aliphatic heterocycles. The normalized spacial score (nSPS) is 27.1. The molecule has 7 saturated carbocycles. The summed E-state index contributed by atoms with van der Waals surface area (Å²) in [7, 11) is 0. The van der Waals surface area contributed by atoms with Crippen LogP contribution in [0.2, 0.25) is 0 Å². The molecule has 0 radical (unpaired) electrons. The van der Waals surface area contributed by atoms with Gasteiger partial charge in [-0.3, -0.25) is 0 Å². The van der Waals surface area contributed by atoms with E-state index < -0.39 is 0 Å². The first-order valence-electron chi connectivity index (χ1n) is 23.9. The lowest BCUT2D eigenvalue weighted by Crippen LogP contribution is -2.44. The largest absolute Gasteiger partial charge is 0.0656 e. The highest BCUT2D eigenvalue weighted by molar-refractivity contribution is 4.99. The maximum Gasteiger partial charge on any atom is -0.0318 e. The van der Waals surface area contributed by atoms with Crippen molar-refractivity contribution in [2.45, 2.75) is 271 Å². The Labute approximate surface area is 328 Å². The van der Waals surface area contributed by atoms with Crippen molar-refractivity contribution in [2.75, 3.05) is 0 Å². The molecule has 0 heteroatoms. The molecule has 0 unspecified atom stereocenters. The fourth-order valence-corrected chi connectivity index (χ4v) is 9.25. The van der Waals surface area contributed by atoms with Crippen molar-refractivity contribution in [3.63, 3.8) is 0 Å². The molecular weight excluding hydrogens is 613 g/mol. The Hall–Kier alpha value is 0. The monoisotopic (exact) mass is 719 g/mol. The molecule has 0 nitrogen and oxygen atoms in total. The van der Waals surface area contributed by atoms with E-state index >= 15 is 0 Å². The predicted molar refractivity (Wildman–Crippen MR) is 239 cm³/mol. The quantitative estimate of drug-likeness (QED) is 0.272. The average Bonchev–Trinajstić information content (AvgIpc) is 3.05. The van der Waals surface area contributed by atoms with Crippen molar-refractivity contribution in [3.8, 4) is 0 Å². The zero-order valence-electron chi connectivity index (χ0n) is 39.3. The molecule has 51 heavy (non-hydrogen) atoms. The van der Waals surface area contributed by atoms with Crippen molar-refractivity contribution in [3.05, 3.63) is 0 Å². The second kappa shape index (κ2) is 32.3. The Morgan fingerprint density at radius 3 is 1.00 bits per heavy atom. The van der Waals surface area contributed by atoms with Crippen LogP contribution in [0.15, 0.2) is 0 Å². The molecule has 7 rings (SSSR count). The first-order chi connectivity index (χ1) is 23.9. The molecule has 0 N–H and O–H groups in total. The van der Waals surface area contributed by atoms with Crippen LogP contribution in [-0.4, -0.2) is 0 Å². The lowest BCUT2D eigenvalue weighted by molar-refractivity contribution is -0.0411. The summed E-state index contributed by atoms with van der Waals surface area (Å²) in [6, 6.07) is 0. The Kier molecular flexibility index (Phi) is 33.6. The third-order valence-corrected chi connectivity index (χ3v) is 11.6. The van der Waals surface area contributed by atoms with Gasteiger partial charge in [0.2, 0.25) is 0 Å². The minimum Gasteiger partial charge on any atom is -0.0656 e. The van der Waals surface area contributed by atoms with Crippen LogP contribution < -0.4 is 0 Å². The fraction of sp³-hybridized carbons (Fsp3) is 1.00. The number of unbranched alkanes of at least 4 members (excludes halogenated alkanes) is 1. The molecule has 7 fully saturated rings. The maximum atomic E-state index is 2.54. The van der Waals surface area contributed by atoms with Gasteiger partial charge >= 0.3 is 0 Å². The van der Waals surface area contributed by atoms with Crippen LogP contribution in [0, 0.1) is 58.2 Å². The fourth-order valence-electron chi connectivity index (χ4n) is 9.25. The van der Waals surface area contributed by atoms with Crippen molar-refractivity contribution in [1.82, 2.24) is 0 Å². The predicted octanol–water partition coefficient (Wildman–Crippen LogP) is 18.9. The Bertz CT molecular complexity index is 642. The Balaban J connectivity index is 0. The summed E-state index contributed by atoms with van der Waals surface area (Å²) in [4.78, 5) is 0. The van der Waals surface area contributed by atoms with E-state index in [-0.39, 0.29) is 0 Å². The van der Waals surface area contributed by atoms with Gasteiger partial charge in [0.1, 0.15) is 0 Å². The van der Waals surface area contributed by atoms with Crippen LogP contribution in [-0.2, 0) is 0 Å². The molecule has 7 aliphatic carbocycles. The Morgan fingerprint density at radius 1 is 0.529 bits per heavy atom. The van der Waals surface area contributed by atoms with Gasteiger partial charge in [-0.15, -0.1) is 0 Å². The third-order valence-electron chi connectivity index (χ3n) is 11.6. The van der Waals surface area contributed by atoms with Crippen LogP contribution in [0.5, 0.6) is 0 Å². The summed E-state index contributed by atoms with van der Waals surface area (Å²) < 4.78 is 0. The van der Waals surface area contributed by atoms with Crippen molar-refractivity contribution >= 4 is 0 Å². The summed E-state index contributed by atoms with van der Waals surface area (Å²) in [5.41, 5.74) is 1.30. The zero-order chi connectivity index (χ0) is 39.3. The van der Waals surface area contributed by atoms with Gasteiger partial charge in [-0.25, -0.2) is 0 Å². The molecule has 0 aromatic heterocycles. The highest BCUT2D eigenvalue weighted by Gasteiger charge is 2.48. The van der Waals surface area contributed by atoms with Crippen molar-refractivity contribution in [1.29, 1.82) is 0 Å². The molecular formula is C51H106. The van der Waals surface area contributed by atoms with Crippen molar-refractivity contribution in [2.24, 2.45) is 58.2 Å². The van der Waals surface area contributed by atoms with Gasteiger partial charge in [0.15, 0.2) is 0 Å². The van der Waals surface area contributed by atoms with Gasteiger partial charge in [0.25, 0.3) is 0 Å². The van der Waals surface area contributed by atoms with E-state index in [4.69, 9.17) is 0 Å². The summed E-state index contributed by atoms with van der Waals surface area (Å²) in [5.74, 6) is 8.38. The highest BCUT2D eigenvalue weighted by atomic mass is 14.5. The van der Waals surface area contributed by atoms with Gasteiger partial charge < -0.3 is 0 Å². The van der Waals surface area contributed by atoms with E-state index in [9.17, 15) is 0 Å². The van der Waals surface area contributed by atoms with E-state index in [1.807, 2.05) is 0 Å². The van der Waals surface area contributed by atoms with Crippen LogP contribution in [0.1, 0.15) is 271 Å². The van der Waals surface area contributed by atoms with Gasteiger partial charge in [-0.2, -0.15) is 0 Å². The number of rotatable bonds is 3. The van der Waals surface area contributed by atoms with E-state index in [0.29, 0.717) is 5.41 Å². The maximum absolute atomic E-state index is 2.54. The van der Waals surface area contributed by atoms with Gasteiger partial charge in [0, 0.05) is 0 Å². The van der Waals surface area contributed by atoms with E-state index in [0.717, 1.165) is 52.8 Å². The van der Waals surface area contributed by atoms with E-state index in [2.05, 4.69) is 111 Å². The summed E-state index contributed by atoms with van der Waals surface area (Å²) in [6.45, 7) is 35.8. The molecule has 0 spiro atoms. The first kappa shape index (κ1) is 53.1. The molecule has 0 amide bonds. The van der Waals surface area contributed by atoms with Gasteiger partial charge in [0.05, 0.1) is 0 Å². The lowest BCUT2D eigenvalue weighted by Gasteiger charge is -2.55. The number of hydrogen-bond donors (Lipinski definition) is 0. The SMILES string of the molecule is CC(C)(C)C.CC(C)C.CC(C)C1CCCCC1.CC12CC3CC(CC(C3)C1)C2.CC1CCCCC1.CCC.CCC1CCCCC1.CCCC. The standard InChI is InChI=1S/C11H18.C9H18.C8H16.C7H14.C5H12.2C4H10.C3H8/c1-11-5-8-2-9(6-11)4-10(3-8)7-11;1-8(2)9-6-4-3-5-7-9;1-2-8-6-4-3-5-7-8;1-7-5-3-2-4-6-7;1-5(2,3)4;1-4(2)3;1-3-4-2;1-3-2/h8-10H,2-7H2,1H3;8-9H,3-7H2,1-2H3;8H,2-7H2,1H3;7H,2-6H2,1H3;1-4H3;4H,1-3H3;3-4H2,1-2H3;3H2,1-2H3. The molecule has 310 valence electrons. The smallest absolute Gasteiger partial charge is 0.0318 e. The second-order valence-corrected chi connectivity index (χ2v) is 21.5. The topological polar surface area (TPSA) is 0 Å². The zero-order valence-corrected chi connectivity index (χ0v) is 39.3. The minimum atomic E-state index is 0.500. The van der Waals surface area contributed by atoms with Crippen LogP contribution >= 0.6 is 0 Å². The third kappa shape index (κ3) is 34.2. The van der Waals surface area contributed by atoms with Gasteiger partial charge in [-0.1, -0.05) is 233 Å². The molecule has 0 atom stereocenters. The summed E-state index contributed by atoms with van der Waals surface area (Å²) in [5, 5.41) is 0. The van der Waals surface area contributed by atoms with Gasteiger partial charge in [-0.05, 0) is 96.7 Å². The van der Waals surface area contributed by atoms with E-state index in [1.165, 1.54) is 122 Å². The van der Waals surface area contributed by atoms with Crippen molar-refractivity contribution < 1.29 is 0 Å². The average molecular weight is 719 g/mol. The van der Waals surface area contributed by atoms with Crippen LogP contribution in [0.25, 0.3) is 0 Å². The molecule has 4 bridgehead atoms. The van der Waals surface area contributed by atoms with Crippen LogP contribution in [0.4, 0.5) is 0 Å². The Morgan fingerprint density at radius 2 is 0.824 bits per heavy atom. The summed E-state index contributed by atoms with van der Waals surface area (Å²) in [6.07, 6.45) is 37.2. The summed E-state index contributed by atoms with van der Waals surface area (Å²) >= 11 is 0. The number of hydrogen-bond acceptors (Lipinski definition) is 0. The first-order valence-corrected chi connectivity index (χ1v) is 23.9. The lowest BCUT2D eigenvalue weighted by atomic mass is 9.50.